The van der Waals surface area contributed by atoms with Gasteiger partial charge in [-0.25, -0.2) is 0 Å². The van der Waals surface area contributed by atoms with Gasteiger partial charge in [0.1, 0.15) is 6.04 Å². The average Bonchev–Trinajstić information content (AvgIpc) is 2.95. The number of benzene rings is 2. The maximum Gasteiger partial charge on any atom is 0.494 e. The van der Waals surface area contributed by atoms with Gasteiger partial charge in [0.05, 0.1) is 11.2 Å². The highest BCUT2D eigenvalue weighted by Gasteiger charge is 2.51. The first kappa shape index (κ1) is 24.5. The molecule has 0 spiro atoms. The predicted molar refractivity (Wildman–Crippen MR) is 127 cm³/mol. The quantitative estimate of drug-likeness (QED) is 0.555. The maximum absolute atomic E-state index is 12.6. The van der Waals surface area contributed by atoms with E-state index in [9.17, 15) is 14.4 Å². The predicted octanol–water partition coefficient (Wildman–Crippen LogP) is 1.77. The lowest BCUT2D eigenvalue weighted by Crippen LogP contribution is -2.45. The Morgan fingerprint density at radius 1 is 0.939 bits per heavy atom. The molecule has 0 aromatic heterocycles. The first-order valence-electron chi connectivity index (χ1n) is 10.8. The fraction of sp³-hybridized carbons (Fsp3) is 0.375. The van der Waals surface area contributed by atoms with Crippen molar-refractivity contribution in [2.75, 3.05) is 5.32 Å². The summed E-state index contributed by atoms with van der Waals surface area (Å²) >= 11 is 0. The third kappa shape index (κ3) is 5.80. The maximum atomic E-state index is 12.6. The van der Waals surface area contributed by atoms with E-state index in [4.69, 9.17) is 15.0 Å². The highest BCUT2D eigenvalue weighted by molar-refractivity contribution is 6.62. The Morgan fingerprint density at radius 2 is 1.48 bits per heavy atom. The molecule has 9 heteroatoms. The first-order chi connectivity index (χ1) is 15.4. The Bertz CT molecular complexity index is 1020. The van der Waals surface area contributed by atoms with Crippen LogP contribution in [0.1, 0.15) is 50.5 Å². The lowest BCUT2D eigenvalue weighted by molar-refractivity contribution is -0.119. The van der Waals surface area contributed by atoms with Crippen molar-refractivity contribution in [3.05, 3.63) is 59.7 Å². The zero-order valence-electron chi connectivity index (χ0n) is 19.6. The number of hydrogen-bond acceptors (Lipinski definition) is 5. The molecule has 1 heterocycles. The van der Waals surface area contributed by atoms with Crippen LogP contribution in [0, 0.1) is 0 Å². The highest BCUT2D eigenvalue weighted by atomic mass is 16.7. The first-order valence-corrected chi connectivity index (χ1v) is 10.8. The summed E-state index contributed by atoms with van der Waals surface area (Å²) in [6, 6.07) is 13.0. The van der Waals surface area contributed by atoms with E-state index in [0.29, 0.717) is 11.3 Å². The molecule has 4 N–H and O–H groups in total. The third-order valence-electron chi connectivity index (χ3n) is 6.06. The Kier molecular flexibility index (Phi) is 6.95. The second-order valence-corrected chi connectivity index (χ2v) is 9.22. The van der Waals surface area contributed by atoms with Crippen LogP contribution in [-0.2, 0) is 25.3 Å². The van der Waals surface area contributed by atoms with Gasteiger partial charge < -0.3 is 25.7 Å². The SMILES string of the molecule is CC(=O)Nc1ccc(C(=O)N[C@H](Cc2ccc(B3OC(C)(C)C(C)(C)O3)cc2)C(N)=O)cc1. The van der Waals surface area contributed by atoms with Crippen molar-refractivity contribution >= 4 is 36.0 Å². The molecule has 3 rings (SSSR count). The number of carbonyl (C=O) groups excluding carboxylic acids is 3. The van der Waals surface area contributed by atoms with Crippen LogP contribution in [0.4, 0.5) is 5.69 Å². The van der Waals surface area contributed by atoms with Gasteiger partial charge >= 0.3 is 7.12 Å². The van der Waals surface area contributed by atoms with Gasteiger partial charge in [-0.15, -0.1) is 0 Å². The van der Waals surface area contributed by atoms with Crippen molar-refractivity contribution in [1.29, 1.82) is 0 Å². The van der Waals surface area contributed by atoms with Crippen LogP contribution in [-0.4, -0.2) is 42.1 Å². The Balaban J connectivity index is 1.65. The van der Waals surface area contributed by atoms with Gasteiger partial charge in [0, 0.05) is 24.6 Å². The molecular formula is C24H30BN3O5. The molecule has 174 valence electrons. The van der Waals surface area contributed by atoms with E-state index >= 15 is 0 Å². The topological polar surface area (TPSA) is 120 Å². The van der Waals surface area contributed by atoms with Crippen LogP contribution in [0.2, 0.25) is 0 Å². The smallest absolute Gasteiger partial charge is 0.399 e. The Labute approximate surface area is 194 Å². The van der Waals surface area contributed by atoms with Crippen LogP contribution in [0.25, 0.3) is 0 Å². The van der Waals surface area contributed by atoms with Crippen LogP contribution >= 0.6 is 0 Å². The van der Waals surface area contributed by atoms with Crippen LogP contribution in [0.3, 0.4) is 0 Å². The molecule has 0 aliphatic carbocycles. The third-order valence-corrected chi connectivity index (χ3v) is 6.06. The zero-order chi connectivity index (χ0) is 24.4. The molecule has 0 unspecified atom stereocenters. The Morgan fingerprint density at radius 3 is 1.97 bits per heavy atom. The molecule has 1 fully saturated rings. The molecule has 0 radical (unpaired) electrons. The number of nitrogens with two attached hydrogens (primary N) is 1. The number of carbonyl (C=O) groups is 3. The van der Waals surface area contributed by atoms with E-state index in [-0.39, 0.29) is 12.3 Å². The van der Waals surface area contributed by atoms with Gasteiger partial charge in [-0.05, 0) is 63.0 Å². The summed E-state index contributed by atoms with van der Waals surface area (Å²) in [5, 5.41) is 5.32. The molecule has 2 aromatic rings. The normalized spacial score (nSPS) is 17.3. The summed E-state index contributed by atoms with van der Waals surface area (Å²) in [4.78, 5) is 35.7. The number of nitrogens with one attached hydrogen (secondary N) is 2. The van der Waals surface area contributed by atoms with Crippen molar-refractivity contribution in [3.63, 3.8) is 0 Å². The van der Waals surface area contributed by atoms with Gasteiger partial charge in [0.15, 0.2) is 0 Å². The highest BCUT2D eigenvalue weighted by Crippen LogP contribution is 2.36. The molecule has 1 atom stereocenters. The molecule has 3 amide bonds. The minimum Gasteiger partial charge on any atom is -0.399 e. The summed E-state index contributed by atoms with van der Waals surface area (Å²) < 4.78 is 12.1. The summed E-state index contributed by atoms with van der Waals surface area (Å²) in [5.41, 5.74) is 7.31. The van der Waals surface area contributed by atoms with Crippen LogP contribution in [0.15, 0.2) is 48.5 Å². The summed E-state index contributed by atoms with van der Waals surface area (Å²) in [5.74, 6) is -1.26. The lowest BCUT2D eigenvalue weighted by atomic mass is 9.78. The van der Waals surface area contributed by atoms with Gasteiger partial charge in [0.2, 0.25) is 11.8 Å². The monoisotopic (exact) mass is 451 g/mol. The van der Waals surface area contributed by atoms with Crippen molar-refractivity contribution < 1.29 is 23.7 Å². The van der Waals surface area contributed by atoms with E-state index in [2.05, 4.69) is 10.6 Å². The second-order valence-electron chi connectivity index (χ2n) is 9.22. The minimum absolute atomic E-state index is 0.203. The fourth-order valence-corrected chi connectivity index (χ4v) is 3.40. The van der Waals surface area contributed by atoms with E-state index in [0.717, 1.165) is 11.0 Å². The van der Waals surface area contributed by atoms with Crippen LogP contribution < -0.4 is 21.8 Å². The molecule has 1 aliphatic rings. The standard InChI is InChI=1S/C24H30BN3O5/c1-15(29)27-19-12-8-17(9-13-19)22(31)28-20(21(26)30)14-16-6-10-18(11-7-16)25-32-23(2,3)24(4,5)33-25/h6-13,20H,14H2,1-5H3,(H2,26,30)(H,27,29)(H,28,31)/t20-/m1/s1. The molecule has 8 nitrogen and oxygen atoms in total. The molecule has 33 heavy (non-hydrogen) atoms. The summed E-state index contributed by atoms with van der Waals surface area (Å²) in [6.45, 7) is 9.38. The molecule has 1 aliphatic heterocycles. The fourth-order valence-electron chi connectivity index (χ4n) is 3.40. The molecular weight excluding hydrogens is 421 g/mol. The van der Waals surface area contributed by atoms with Gasteiger partial charge in [-0.2, -0.15) is 0 Å². The summed E-state index contributed by atoms with van der Waals surface area (Å²) in [6.07, 6.45) is 0.245. The van der Waals surface area contributed by atoms with E-state index in [1.54, 1.807) is 24.3 Å². The second kappa shape index (κ2) is 9.37. The largest absolute Gasteiger partial charge is 0.494 e. The molecule has 0 saturated carbocycles. The lowest BCUT2D eigenvalue weighted by Gasteiger charge is -2.32. The van der Waals surface area contributed by atoms with Crippen molar-refractivity contribution in [3.8, 4) is 0 Å². The van der Waals surface area contributed by atoms with Crippen molar-refractivity contribution in [2.24, 2.45) is 5.73 Å². The number of anilines is 1. The zero-order valence-corrected chi connectivity index (χ0v) is 19.6. The van der Waals surface area contributed by atoms with Gasteiger partial charge in [0.25, 0.3) is 5.91 Å². The van der Waals surface area contributed by atoms with E-state index in [1.807, 2.05) is 52.0 Å². The van der Waals surface area contributed by atoms with Gasteiger partial charge in [-0.1, -0.05) is 24.3 Å². The minimum atomic E-state index is -0.879. The molecule has 0 bridgehead atoms. The van der Waals surface area contributed by atoms with Crippen LogP contribution in [0.5, 0.6) is 0 Å². The van der Waals surface area contributed by atoms with E-state index in [1.165, 1.54) is 6.92 Å². The van der Waals surface area contributed by atoms with Crippen molar-refractivity contribution in [2.45, 2.75) is 58.3 Å². The van der Waals surface area contributed by atoms with Crippen molar-refractivity contribution in [1.82, 2.24) is 5.32 Å². The molecule has 2 aromatic carbocycles. The van der Waals surface area contributed by atoms with E-state index < -0.39 is 36.2 Å². The molecule has 1 saturated heterocycles. The number of hydrogen-bond donors (Lipinski definition) is 3. The van der Waals surface area contributed by atoms with Gasteiger partial charge in [-0.3, -0.25) is 14.4 Å². The number of amides is 3. The Hall–Kier alpha value is -3.17. The average molecular weight is 451 g/mol. The summed E-state index contributed by atoms with van der Waals surface area (Å²) in [7, 11) is -0.476. The number of primary amides is 1. The number of rotatable bonds is 7.